The highest BCUT2D eigenvalue weighted by Gasteiger charge is 2.35. The van der Waals surface area contributed by atoms with Crippen LogP contribution in [-0.4, -0.2) is 36.2 Å². The SMILES string of the molecule is C=CCN1C(=O)[C@@H](C)SC1=NS(=O)(=O)c1ccc(Br)cc1. The van der Waals surface area contributed by atoms with Gasteiger partial charge in [0.05, 0.1) is 10.1 Å². The molecular weight excluding hydrogens is 376 g/mol. The van der Waals surface area contributed by atoms with Gasteiger partial charge < -0.3 is 0 Å². The molecule has 1 aromatic rings. The van der Waals surface area contributed by atoms with Gasteiger partial charge >= 0.3 is 0 Å². The first-order valence-electron chi connectivity index (χ1n) is 6.04. The first-order chi connectivity index (χ1) is 9.85. The molecule has 8 heteroatoms. The lowest BCUT2D eigenvalue weighted by Crippen LogP contribution is -2.31. The average Bonchev–Trinajstić information content (AvgIpc) is 2.67. The summed E-state index contributed by atoms with van der Waals surface area (Å²) in [6.45, 7) is 5.53. The van der Waals surface area contributed by atoms with Crippen molar-refractivity contribution in [2.75, 3.05) is 6.54 Å². The van der Waals surface area contributed by atoms with E-state index in [0.717, 1.165) is 16.2 Å². The largest absolute Gasteiger partial charge is 0.286 e. The Labute approximate surface area is 136 Å². The molecule has 0 spiro atoms. The Bertz CT molecular complexity index is 699. The summed E-state index contributed by atoms with van der Waals surface area (Å²) in [6.07, 6.45) is 1.54. The van der Waals surface area contributed by atoms with E-state index in [1.807, 2.05) is 0 Å². The second-order valence-corrected chi connectivity index (χ2v) is 8.13. The van der Waals surface area contributed by atoms with Crippen molar-refractivity contribution in [2.24, 2.45) is 4.40 Å². The molecule has 0 unspecified atom stereocenters. The number of thioether (sulfide) groups is 1. The molecule has 0 radical (unpaired) electrons. The van der Waals surface area contributed by atoms with E-state index in [0.29, 0.717) is 0 Å². The molecule has 1 heterocycles. The highest BCUT2D eigenvalue weighted by atomic mass is 79.9. The molecule has 21 heavy (non-hydrogen) atoms. The van der Waals surface area contributed by atoms with Gasteiger partial charge in [-0.3, -0.25) is 9.69 Å². The first-order valence-corrected chi connectivity index (χ1v) is 9.16. The van der Waals surface area contributed by atoms with Crippen LogP contribution in [0.5, 0.6) is 0 Å². The Kier molecular flexibility index (Phi) is 4.90. The lowest BCUT2D eigenvalue weighted by atomic mass is 10.4. The molecule has 112 valence electrons. The number of hydrogen-bond acceptors (Lipinski definition) is 4. The Morgan fingerprint density at radius 3 is 2.62 bits per heavy atom. The van der Waals surface area contributed by atoms with Crippen molar-refractivity contribution >= 4 is 48.8 Å². The lowest BCUT2D eigenvalue weighted by molar-refractivity contribution is -0.125. The smallest absolute Gasteiger partial charge is 0.284 e. The van der Waals surface area contributed by atoms with Gasteiger partial charge in [0.15, 0.2) is 5.17 Å². The minimum Gasteiger partial charge on any atom is -0.286 e. The number of carbonyl (C=O) groups excluding carboxylic acids is 1. The number of amidine groups is 1. The van der Waals surface area contributed by atoms with Gasteiger partial charge in [-0.15, -0.1) is 11.0 Å². The topological polar surface area (TPSA) is 66.8 Å². The van der Waals surface area contributed by atoms with Crippen LogP contribution in [-0.2, 0) is 14.8 Å². The van der Waals surface area contributed by atoms with Gasteiger partial charge in [0.25, 0.3) is 10.0 Å². The molecule has 1 fully saturated rings. The maximum atomic E-state index is 12.3. The van der Waals surface area contributed by atoms with Crippen LogP contribution in [0.2, 0.25) is 0 Å². The van der Waals surface area contributed by atoms with E-state index >= 15 is 0 Å². The summed E-state index contributed by atoms with van der Waals surface area (Å²) in [5.74, 6) is -0.162. The highest BCUT2D eigenvalue weighted by molar-refractivity contribution is 9.10. The van der Waals surface area contributed by atoms with Crippen molar-refractivity contribution < 1.29 is 13.2 Å². The lowest BCUT2D eigenvalue weighted by Gasteiger charge is -2.13. The number of hydrogen-bond donors (Lipinski definition) is 0. The number of carbonyl (C=O) groups is 1. The second-order valence-electron chi connectivity index (χ2n) is 4.30. The molecule has 1 atom stereocenters. The highest BCUT2D eigenvalue weighted by Crippen LogP contribution is 2.28. The summed E-state index contributed by atoms with van der Waals surface area (Å²) in [7, 11) is -3.84. The van der Waals surface area contributed by atoms with E-state index in [2.05, 4.69) is 26.9 Å². The maximum absolute atomic E-state index is 12.3. The Morgan fingerprint density at radius 1 is 1.43 bits per heavy atom. The van der Waals surface area contributed by atoms with E-state index < -0.39 is 10.0 Å². The van der Waals surface area contributed by atoms with Gasteiger partial charge in [0, 0.05) is 11.0 Å². The van der Waals surface area contributed by atoms with Crippen molar-refractivity contribution in [3.63, 3.8) is 0 Å². The summed E-state index contributed by atoms with van der Waals surface area (Å²) in [5, 5.41) is -0.154. The van der Waals surface area contributed by atoms with Crippen molar-refractivity contribution in [3.05, 3.63) is 41.4 Å². The minimum atomic E-state index is -3.84. The van der Waals surface area contributed by atoms with Gasteiger partial charge in [0.2, 0.25) is 5.91 Å². The van der Waals surface area contributed by atoms with Gasteiger partial charge in [0.1, 0.15) is 0 Å². The summed E-state index contributed by atoms with van der Waals surface area (Å²) in [6, 6.07) is 6.19. The van der Waals surface area contributed by atoms with Crippen LogP contribution in [0.25, 0.3) is 0 Å². The Morgan fingerprint density at radius 2 is 2.05 bits per heavy atom. The van der Waals surface area contributed by atoms with Crippen LogP contribution >= 0.6 is 27.7 Å². The monoisotopic (exact) mass is 388 g/mol. The molecule has 2 rings (SSSR count). The maximum Gasteiger partial charge on any atom is 0.284 e. The molecule has 0 bridgehead atoms. The quantitative estimate of drug-likeness (QED) is 0.743. The molecule has 0 N–H and O–H groups in total. The third-order valence-electron chi connectivity index (χ3n) is 2.75. The molecule has 0 aliphatic carbocycles. The van der Waals surface area contributed by atoms with Crippen molar-refractivity contribution in [1.29, 1.82) is 0 Å². The molecule has 5 nitrogen and oxygen atoms in total. The number of nitrogens with zero attached hydrogens (tertiary/aromatic N) is 2. The number of sulfonamides is 1. The van der Waals surface area contributed by atoms with Gasteiger partial charge in [-0.2, -0.15) is 8.42 Å². The zero-order valence-corrected chi connectivity index (χ0v) is 14.4. The van der Waals surface area contributed by atoms with Crippen LogP contribution in [0.15, 0.2) is 50.7 Å². The van der Waals surface area contributed by atoms with E-state index in [-0.39, 0.29) is 27.8 Å². The second kappa shape index (κ2) is 6.33. The molecule has 1 aliphatic heterocycles. The summed E-state index contributed by atoms with van der Waals surface area (Å²) in [4.78, 5) is 13.4. The molecule has 1 aromatic carbocycles. The van der Waals surface area contributed by atoms with Crippen LogP contribution in [0, 0.1) is 0 Å². The number of benzene rings is 1. The third kappa shape index (κ3) is 3.56. The van der Waals surface area contributed by atoms with Crippen molar-refractivity contribution in [2.45, 2.75) is 17.1 Å². The molecule has 1 saturated heterocycles. The molecule has 0 saturated carbocycles. The Hall–Kier alpha value is -1.12. The fourth-order valence-electron chi connectivity index (χ4n) is 1.72. The summed E-state index contributed by atoms with van der Waals surface area (Å²) < 4.78 is 29.1. The fraction of sp³-hybridized carbons (Fsp3) is 0.231. The number of amides is 1. The van der Waals surface area contributed by atoms with Gasteiger partial charge in [-0.05, 0) is 31.2 Å². The van der Waals surface area contributed by atoms with Crippen LogP contribution in [0.3, 0.4) is 0 Å². The predicted molar refractivity (Wildman–Crippen MR) is 87.7 cm³/mol. The van der Waals surface area contributed by atoms with Crippen molar-refractivity contribution in [3.8, 4) is 0 Å². The molecule has 1 aliphatic rings. The first kappa shape index (κ1) is 16.3. The normalized spacial score (nSPS) is 21.0. The molecule has 1 amide bonds. The van der Waals surface area contributed by atoms with E-state index in [4.69, 9.17) is 0 Å². The average molecular weight is 389 g/mol. The fourth-order valence-corrected chi connectivity index (χ4v) is 4.17. The summed E-state index contributed by atoms with van der Waals surface area (Å²) in [5.41, 5.74) is 0. The van der Waals surface area contributed by atoms with E-state index in [1.165, 1.54) is 23.1 Å². The Balaban J connectivity index is 2.39. The minimum absolute atomic E-state index is 0.0874. The third-order valence-corrected chi connectivity index (χ3v) is 5.75. The van der Waals surface area contributed by atoms with E-state index in [1.54, 1.807) is 19.1 Å². The van der Waals surface area contributed by atoms with Crippen LogP contribution < -0.4 is 0 Å². The van der Waals surface area contributed by atoms with Crippen LogP contribution in [0.4, 0.5) is 0 Å². The summed E-state index contributed by atoms with van der Waals surface area (Å²) >= 11 is 4.38. The van der Waals surface area contributed by atoms with Crippen LogP contribution in [0.1, 0.15) is 6.92 Å². The van der Waals surface area contributed by atoms with Gasteiger partial charge in [-0.25, -0.2) is 0 Å². The number of rotatable bonds is 4. The molecular formula is C13H13BrN2O3S2. The zero-order chi connectivity index (χ0) is 15.6. The standard InChI is InChI=1S/C13H13BrN2O3S2/c1-3-8-16-12(17)9(2)20-13(16)15-21(18,19)11-6-4-10(14)5-7-11/h3-7,9H,1,8H2,2H3/t9-/m1/s1. The molecule has 0 aromatic heterocycles. The predicted octanol–water partition coefficient (Wildman–Crippen LogP) is 2.64. The number of halogens is 1. The zero-order valence-electron chi connectivity index (χ0n) is 11.2. The van der Waals surface area contributed by atoms with Gasteiger partial charge in [-0.1, -0.05) is 33.8 Å². The van der Waals surface area contributed by atoms with E-state index in [9.17, 15) is 13.2 Å². The van der Waals surface area contributed by atoms with Crippen molar-refractivity contribution in [1.82, 2.24) is 4.90 Å².